The van der Waals surface area contributed by atoms with Gasteiger partial charge in [-0.05, 0) is 44.9 Å². The molecule has 1 unspecified atom stereocenters. The van der Waals surface area contributed by atoms with E-state index in [0.29, 0.717) is 12.8 Å². The van der Waals surface area contributed by atoms with Crippen LogP contribution in [-0.4, -0.2) is 37.2 Å². The molecule has 0 saturated carbocycles. The van der Waals surface area contributed by atoms with Crippen LogP contribution in [0.1, 0.15) is 220 Å². The van der Waals surface area contributed by atoms with Gasteiger partial charge in [-0.25, -0.2) is 0 Å². The predicted molar refractivity (Wildman–Crippen MR) is 196 cm³/mol. The Hall–Kier alpha value is -1.59. The van der Waals surface area contributed by atoms with E-state index < -0.39 is 0 Å². The molecule has 6 nitrogen and oxygen atoms in total. The van der Waals surface area contributed by atoms with Gasteiger partial charge in [0.2, 0.25) is 0 Å². The summed E-state index contributed by atoms with van der Waals surface area (Å²) in [5.74, 6) is -0.666. The van der Waals surface area contributed by atoms with Crippen LogP contribution in [0, 0.1) is 5.92 Å². The van der Waals surface area contributed by atoms with Crippen LogP contribution in [0.4, 0.5) is 0 Å². The predicted octanol–water partition coefficient (Wildman–Crippen LogP) is 12.4. The number of rotatable bonds is 36. The van der Waals surface area contributed by atoms with E-state index in [-0.39, 0.29) is 56.0 Å². The van der Waals surface area contributed by atoms with E-state index in [4.69, 9.17) is 14.2 Å². The molecule has 0 radical (unpaired) electrons. The zero-order valence-electron chi connectivity index (χ0n) is 31.7. The highest BCUT2D eigenvalue weighted by atomic mass is 16.6. The molecule has 0 N–H and O–H groups in total. The van der Waals surface area contributed by atoms with Crippen molar-refractivity contribution in [2.45, 2.75) is 226 Å². The summed E-state index contributed by atoms with van der Waals surface area (Å²) in [6.07, 6.45) is 32.6. The molecule has 0 aliphatic carbocycles. The number of hydrogen-bond donors (Lipinski definition) is 0. The third-order valence-electron chi connectivity index (χ3n) is 9.34. The fraction of sp³-hybridized carbons (Fsp3) is 0.927. The first-order valence-electron chi connectivity index (χ1n) is 20.5. The van der Waals surface area contributed by atoms with Crippen molar-refractivity contribution in [3.05, 3.63) is 0 Å². The second-order valence-corrected chi connectivity index (χ2v) is 14.0. The Morgan fingerprint density at radius 2 is 0.745 bits per heavy atom. The Morgan fingerprint density at radius 1 is 0.404 bits per heavy atom. The maximum absolute atomic E-state index is 12.6. The Balaban J connectivity index is 4.10. The molecule has 0 aromatic heterocycles. The number of carbonyl (C=O) groups is 3. The molecule has 0 aliphatic rings. The molecule has 1 atom stereocenters. The van der Waals surface area contributed by atoms with Gasteiger partial charge in [-0.2, -0.15) is 0 Å². The molecule has 0 amide bonds. The molecular weight excluding hydrogens is 588 g/mol. The summed E-state index contributed by atoms with van der Waals surface area (Å²) in [5.41, 5.74) is 0. The van der Waals surface area contributed by atoms with Crippen LogP contribution < -0.4 is 0 Å². The number of esters is 3. The summed E-state index contributed by atoms with van der Waals surface area (Å²) in [6, 6.07) is 0. The van der Waals surface area contributed by atoms with Gasteiger partial charge in [0.15, 0.2) is 0 Å². The van der Waals surface area contributed by atoms with E-state index in [2.05, 4.69) is 20.8 Å². The molecule has 47 heavy (non-hydrogen) atoms. The van der Waals surface area contributed by atoms with E-state index in [9.17, 15) is 14.4 Å². The molecule has 6 heteroatoms. The van der Waals surface area contributed by atoms with Gasteiger partial charge in [-0.15, -0.1) is 0 Å². The minimum Gasteiger partial charge on any atom is -0.465 e. The lowest BCUT2D eigenvalue weighted by Crippen LogP contribution is -2.21. The van der Waals surface area contributed by atoms with E-state index in [1.807, 2.05) is 6.92 Å². The van der Waals surface area contributed by atoms with Crippen molar-refractivity contribution in [3.8, 4) is 0 Å². The fourth-order valence-corrected chi connectivity index (χ4v) is 5.97. The first-order chi connectivity index (χ1) is 23.0. The Kier molecular flexibility index (Phi) is 34.5. The minimum absolute atomic E-state index is 0.00473. The molecule has 0 saturated heterocycles. The van der Waals surface area contributed by atoms with Crippen LogP contribution >= 0.6 is 0 Å². The zero-order chi connectivity index (χ0) is 34.6. The van der Waals surface area contributed by atoms with Gasteiger partial charge in [0.25, 0.3) is 0 Å². The van der Waals surface area contributed by atoms with Gasteiger partial charge >= 0.3 is 17.9 Å². The van der Waals surface area contributed by atoms with Crippen LogP contribution in [0.3, 0.4) is 0 Å². The Morgan fingerprint density at radius 3 is 1.15 bits per heavy atom. The number of carbonyl (C=O) groups excluding carboxylic acids is 3. The highest BCUT2D eigenvalue weighted by Crippen LogP contribution is 2.18. The van der Waals surface area contributed by atoms with Crippen LogP contribution in [0.2, 0.25) is 0 Å². The molecule has 0 spiro atoms. The van der Waals surface area contributed by atoms with Crippen LogP contribution in [0.15, 0.2) is 0 Å². The first kappa shape index (κ1) is 45.4. The largest absolute Gasteiger partial charge is 0.465 e. The highest BCUT2D eigenvalue weighted by Gasteiger charge is 2.17. The van der Waals surface area contributed by atoms with Crippen LogP contribution in [-0.2, 0) is 28.6 Å². The third-order valence-corrected chi connectivity index (χ3v) is 9.34. The molecule has 278 valence electrons. The summed E-state index contributed by atoms with van der Waals surface area (Å²) in [4.78, 5) is 37.2. The maximum atomic E-state index is 12.6. The average Bonchev–Trinajstić information content (AvgIpc) is 3.06. The van der Waals surface area contributed by atoms with Crippen molar-refractivity contribution in [2.24, 2.45) is 5.92 Å². The Bertz CT molecular complexity index is 692. The average molecular weight is 667 g/mol. The van der Waals surface area contributed by atoms with Crippen molar-refractivity contribution in [1.82, 2.24) is 0 Å². The van der Waals surface area contributed by atoms with Gasteiger partial charge < -0.3 is 14.2 Å². The standard InChI is InChI=1S/C41H78O6/c1-5-9-12-15-18-19-20-21-22-25-28-32-39(42)45-35-37(8-4)36-46-40(43)33-29-34-41(44)47-38(30-26-23-16-13-10-6-2)31-27-24-17-14-11-7-3/h37-38H,5-36H2,1-4H3. The van der Waals surface area contributed by atoms with E-state index in [1.54, 1.807) is 0 Å². The Labute approximate surface area is 291 Å². The first-order valence-corrected chi connectivity index (χ1v) is 20.5. The molecule has 0 fully saturated rings. The SMILES string of the molecule is CCCCCCCCCCCCCC(=O)OCC(CC)COC(=O)CCCC(=O)OC(CCCCCCCC)CCCCCCCC. The van der Waals surface area contributed by atoms with Crippen molar-refractivity contribution >= 4 is 17.9 Å². The quantitative estimate of drug-likeness (QED) is 0.0376. The molecule has 0 bridgehead atoms. The number of unbranched alkanes of at least 4 members (excludes halogenated alkanes) is 20. The lowest BCUT2D eigenvalue weighted by Gasteiger charge is -2.18. The maximum Gasteiger partial charge on any atom is 0.306 e. The fourth-order valence-electron chi connectivity index (χ4n) is 5.97. The minimum atomic E-state index is -0.306. The van der Waals surface area contributed by atoms with Gasteiger partial charge in [-0.1, -0.05) is 156 Å². The molecular formula is C41H78O6. The molecule has 0 aromatic rings. The number of ether oxygens (including phenoxy) is 3. The van der Waals surface area contributed by atoms with Crippen LogP contribution in [0.5, 0.6) is 0 Å². The van der Waals surface area contributed by atoms with Gasteiger partial charge in [-0.3, -0.25) is 14.4 Å². The van der Waals surface area contributed by atoms with Crippen molar-refractivity contribution in [2.75, 3.05) is 13.2 Å². The van der Waals surface area contributed by atoms with Gasteiger partial charge in [0.1, 0.15) is 6.10 Å². The lowest BCUT2D eigenvalue weighted by atomic mass is 10.0. The zero-order valence-corrected chi connectivity index (χ0v) is 31.7. The summed E-state index contributed by atoms with van der Waals surface area (Å²) in [7, 11) is 0. The molecule has 0 aromatic carbocycles. The summed E-state index contributed by atoms with van der Waals surface area (Å²) in [5, 5.41) is 0. The van der Waals surface area contributed by atoms with Crippen molar-refractivity contribution < 1.29 is 28.6 Å². The highest BCUT2D eigenvalue weighted by molar-refractivity contribution is 5.72. The van der Waals surface area contributed by atoms with Gasteiger partial charge in [0.05, 0.1) is 13.2 Å². The lowest BCUT2D eigenvalue weighted by molar-refractivity contribution is -0.150. The normalized spacial score (nSPS) is 11.9. The molecule has 0 rings (SSSR count). The van der Waals surface area contributed by atoms with Crippen molar-refractivity contribution in [3.63, 3.8) is 0 Å². The second-order valence-electron chi connectivity index (χ2n) is 14.0. The third kappa shape index (κ3) is 32.7. The van der Waals surface area contributed by atoms with E-state index in [1.165, 1.54) is 122 Å². The smallest absolute Gasteiger partial charge is 0.306 e. The van der Waals surface area contributed by atoms with Crippen molar-refractivity contribution in [1.29, 1.82) is 0 Å². The number of hydrogen-bond acceptors (Lipinski definition) is 6. The second kappa shape index (κ2) is 35.7. The van der Waals surface area contributed by atoms with Gasteiger partial charge in [0, 0.05) is 25.2 Å². The topological polar surface area (TPSA) is 78.9 Å². The summed E-state index contributed by atoms with van der Waals surface area (Å²) in [6.45, 7) is 9.26. The van der Waals surface area contributed by atoms with E-state index >= 15 is 0 Å². The molecule has 0 heterocycles. The summed E-state index contributed by atoms with van der Waals surface area (Å²) < 4.78 is 16.8. The summed E-state index contributed by atoms with van der Waals surface area (Å²) >= 11 is 0. The molecule has 0 aliphatic heterocycles. The van der Waals surface area contributed by atoms with E-state index in [0.717, 1.165) is 44.9 Å². The van der Waals surface area contributed by atoms with Crippen LogP contribution in [0.25, 0.3) is 0 Å². The monoisotopic (exact) mass is 667 g/mol.